The highest BCUT2D eigenvalue weighted by Gasteiger charge is 2.22. The van der Waals surface area contributed by atoms with Crippen molar-refractivity contribution in [2.75, 3.05) is 19.1 Å². The van der Waals surface area contributed by atoms with Crippen LogP contribution in [0.15, 0.2) is 24.3 Å². The Morgan fingerprint density at radius 3 is 2.68 bits per heavy atom. The predicted octanol–water partition coefficient (Wildman–Crippen LogP) is 2.36. The lowest BCUT2D eigenvalue weighted by Gasteiger charge is -2.16. The molecular formula is C13H16ClNO3S. The predicted molar refractivity (Wildman–Crippen MR) is 77.7 cm³/mol. The van der Waals surface area contributed by atoms with E-state index in [1.165, 1.54) is 7.11 Å². The second kappa shape index (κ2) is 8.07. The average molecular weight is 302 g/mol. The van der Waals surface area contributed by atoms with E-state index in [0.717, 1.165) is 5.75 Å². The summed E-state index contributed by atoms with van der Waals surface area (Å²) in [6.45, 7) is 0. The minimum Gasteiger partial charge on any atom is -0.467 e. The molecule has 0 radical (unpaired) electrons. The van der Waals surface area contributed by atoms with Gasteiger partial charge in [-0.15, -0.1) is 0 Å². The number of nitrogens with one attached hydrogen (secondary N) is 1. The summed E-state index contributed by atoms with van der Waals surface area (Å²) in [6.07, 6.45) is 2.45. The molecule has 1 rings (SSSR count). The first-order valence-corrected chi connectivity index (χ1v) is 7.49. The molecule has 1 aromatic carbocycles. The third-order valence-electron chi connectivity index (χ3n) is 2.52. The largest absolute Gasteiger partial charge is 0.467 e. The Hall–Kier alpha value is -1.20. The van der Waals surface area contributed by atoms with Crippen molar-refractivity contribution in [2.45, 2.75) is 12.5 Å². The summed E-state index contributed by atoms with van der Waals surface area (Å²) < 4.78 is 4.68. The number of thioether (sulfide) groups is 1. The van der Waals surface area contributed by atoms with Crippen molar-refractivity contribution in [3.8, 4) is 0 Å². The van der Waals surface area contributed by atoms with Gasteiger partial charge in [-0.3, -0.25) is 4.79 Å². The van der Waals surface area contributed by atoms with E-state index in [1.54, 1.807) is 36.0 Å². The van der Waals surface area contributed by atoms with Crippen LogP contribution in [0.25, 0.3) is 0 Å². The zero-order valence-electron chi connectivity index (χ0n) is 10.8. The van der Waals surface area contributed by atoms with Crippen LogP contribution in [0, 0.1) is 0 Å². The fraction of sp³-hybridized carbons (Fsp3) is 0.385. The standard InChI is InChI=1S/C13H16ClNO3S/c1-18-13(17)11(7-8-19-2)15-12(16)9-5-3-4-6-10(9)14/h3-6,11H,7-8H2,1-2H3,(H,15,16)/t11-/m1/s1. The number of amides is 1. The molecule has 0 saturated carbocycles. The van der Waals surface area contributed by atoms with Crippen LogP contribution in [0.4, 0.5) is 0 Å². The molecule has 0 aliphatic carbocycles. The van der Waals surface area contributed by atoms with Gasteiger partial charge in [0.25, 0.3) is 5.91 Å². The van der Waals surface area contributed by atoms with Crippen molar-refractivity contribution in [2.24, 2.45) is 0 Å². The number of halogens is 1. The third-order valence-corrected chi connectivity index (χ3v) is 3.49. The Balaban J connectivity index is 2.76. The number of hydrogen-bond acceptors (Lipinski definition) is 4. The number of benzene rings is 1. The highest BCUT2D eigenvalue weighted by Crippen LogP contribution is 2.15. The normalized spacial score (nSPS) is 11.7. The van der Waals surface area contributed by atoms with Gasteiger partial charge < -0.3 is 10.1 Å². The molecule has 19 heavy (non-hydrogen) atoms. The van der Waals surface area contributed by atoms with Gasteiger partial charge >= 0.3 is 5.97 Å². The van der Waals surface area contributed by atoms with Crippen LogP contribution in [0.5, 0.6) is 0 Å². The van der Waals surface area contributed by atoms with Crippen LogP contribution >= 0.6 is 23.4 Å². The Bertz CT molecular complexity index is 453. The molecule has 0 heterocycles. The van der Waals surface area contributed by atoms with E-state index in [9.17, 15) is 9.59 Å². The fourth-order valence-electron chi connectivity index (χ4n) is 1.51. The van der Waals surface area contributed by atoms with Gasteiger partial charge in [-0.1, -0.05) is 23.7 Å². The lowest BCUT2D eigenvalue weighted by atomic mass is 10.1. The number of ether oxygens (including phenoxy) is 1. The molecule has 1 amide bonds. The molecule has 0 aliphatic rings. The summed E-state index contributed by atoms with van der Waals surface area (Å²) in [5, 5.41) is 3.00. The van der Waals surface area contributed by atoms with Gasteiger partial charge in [-0.05, 0) is 30.6 Å². The van der Waals surface area contributed by atoms with Crippen molar-refractivity contribution in [3.05, 3.63) is 34.9 Å². The maximum absolute atomic E-state index is 12.0. The van der Waals surface area contributed by atoms with Crippen LogP contribution in [0.2, 0.25) is 5.02 Å². The number of carbonyl (C=O) groups excluding carboxylic acids is 2. The first-order chi connectivity index (χ1) is 9.10. The molecule has 0 unspecified atom stereocenters. The Morgan fingerprint density at radius 1 is 1.42 bits per heavy atom. The van der Waals surface area contributed by atoms with Crippen molar-refractivity contribution in [3.63, 3.8) is 0 Å². The summed E-state index contributed by atoms with van der Waals surface area (Å²) in [5.74, 6) is -0.0701. The van der Waals surface area contributed by atoms with Gasteiger partial charge in [0.2, 0.25) is 0 Å². The molecule has 0 bridgehead atoms. The van der Waals surface area contributed by atoms with E-state index in [4.69, 9.17) is 11.6 Å². The molecule has 0 spiro atoms. The number of carbonyl (C=O) groups is 2. The monoisotopic (exact) mass is 301 g/mol. The van der Waals surface area contributed by atoms with E-state index in [1.807, 2.05) is 6.26 Å². The third kappa shape index (κ3) is 4.76. The number of methoxy groups -OCH3 is 1. The first-order valence-electron chi connectivity index (χ1n) is 5.72. The molecule has 1 atom stereocenters. The molecule has 104 valence electrons. The molecule has 0 fully saturated rings. The number of hydrogen-bond donors (Lipinski definition) is 1. The maximum Gasteiger partial charge on any atom is 0.328 e. The second-order valence-corrected chi connectivity index (χ2v) is 5.20. The average Bonchev–Trinajstić information content (AvgIpc) is 2.42. The van der Waals surface area contributed by atoms with E-state index in [2.05, 4.69) is 10.1 Å². The van der Waals surface area contributed by atoms with Crippen LogP contribution in [-0.2, 0) is 9.53 Å². The maximum atomic E-state index is 12.0. The lowest BCUT2D eigenvalue weighted by Crippen LogP contribution is -2.42. The molecule has 0 aromatic heterocycles. The highest BCUT2D eigenvalue weighted by atomic mass is 35.5. The highest BCUT2D eigenvalue weighted by molar-refractivity contribution is 7.98. The Kier molecular flexibility index (Phi) is 6.73. The quantitative estimate of drug-likeness (QED) is 0.820. The van der Waals surface area contributed by atoms with E-state index in [-0.39, 0.29) is 5.91 Å². The number of esters is 1. The topological polar surface area (TPSA) is 55.4 Å². The van der Waals surface area contributed by atoms with Gasteiger partial charge in [0, 0.05) is 0 Å². The summed E-state index contributed by atoms with van der Waals surface area (Å²) in [5.41, 5.74) is 0.349. The van der Waals surface area contributed by atoms with Gasteiger partial charge in [-0.25, -0.2) is 4.79 Å². The van der Waals surface area contributed by atoms with E-state index >= 15 is 0 Å². The summed E-state index contributed by atoms with van der Waals surface area (Å²) >= 11 is 7.54. The van der Waals surface area contributed by atoms with Gasteiger partial charge in [0.05, 0.1) is 17.7 Å². The molecule has 6 heteroatoms. The van der Waals surface area contributed by atoms with E-state index < -0.39 is 12.0 Å². The van der Waals surface area contributed by atoms with Gasteiger partial charge in [-0.2, -0.15) is 11.8 Å². The molecule has 0 aliphatic heterocycles. The minimum absolute atomic E-state index is 0.349. The fourth-order valence-corrected chi connectivity index (χ4v) is 2.20. The lowest BCUT2D eigenvalue weighted by molar-refractivity contribution is -0.142. The van der Waals surface area contributed by atoms with Gasteiger partial charge in [0.15, 0.2) is 0 Å². The SMILES string of the molecule is COC(=O)[C@@H](CCSC)NC(=O)c1ccccc1Cl. The summed E-state index contributed by atoms with van der Waals surface area (Å²) in [7, 11) is 1.30. The molecule has 0 saturated heterocycles. The zero-order chi connectivity index (χ0) is 14.3. The molecule has 4 nitrogen and oxygen atoms in total. The smallest absolute Gasteiger partial charge is 0.328 e. The summed E-state index contributed by atoms with van der Waals surface area (Å²) in [4.78, 5) is 23.6. The second-order valence-electron chi connectivity index (χ2n) is 3.81. The van der Waals surface area contributed by atoms with Crippen molar-refractivity contribution in [1.82, 2.24) is 5.32 Å². The minimum atomic E-state index is -0.652. The summed E-state index contributed by atoms with van der Waals surface area (Å²) in [6, 6.07) is 6.05. The van der Waals surface area contributed by atoms with E-state index in [0.29, 0.717) is 17.0 Å². The molecule has 1 N–H and O–H groups in total. The first kappa shape index (κ1) is 15.9. The van der Waals surface area contributed by atoms with Crippen LogP contribution < -0.4 is 5.32 Å². The van der Waals surface area contributed by atoms with Gasteiger partial charge in [0.1, 0.15) is 6.04 Å². The van der Waals surface area contributed by atoms with Crippen molar-refractivity contribution in [1.29, 1.82) is 0 Å². The van der Waals surface area contributed by atoms with Crippen molar-refractivity contribution < 1.29 is 14.3 Å². The number of rotatable bonds is 6. The van der Waals surface area contributed by atoms with Crippen LogP contribution in [0.1, 0.15) is 16.8 Å². The zero-order valence-corrected chi connectivity index (χ0v) is 12.4. The van der Waals surface area contributed by atoms with Crippen LogP contribution in [-0.4, -0.2) is 37.0 Å². The van der Waals surface area contributed by atoms with Crippen molar-refractivity contribution >= 4 is 35.2 Å². The van der Waals surface area contributed by atoms with Crippen LogP contribution in [0.3, 0.4) is 0 Å². The Labute approximate surface area is 121 Å². The molecule has 1 aromatic rings. The Morgan fingerprint density at radius 2 is 2.11 bits per heavy atom. The molecular weight excluding hydrogens is 286 g/mol.